The SMILES string of the molecule is CC(NCCNC(C)(C)C)c1nc2ccccc2[nH]1. The zero-order chi connectivity index (χ0) is 13.9. The number of para-hydroxylation sites is 2. The Morgan fingerprint density at radius 1 is 1.21 bits per heavy atom. The van der Waals surface area contributed by atoms with E-state index in [-0.39, 0.29) is 11.6 Å². The van der Waals surface area contributed by atoms with Crippen LogP contribution in [0.15, 0.2) is 24.3 Å². The number of aromatic amines is 1. The highest BCUT2D eigenvalue weighted by atomic mass is 15.0. The molecule has 1 aromatic carbocycles. The smallest absolute Gasteiger partial charge is 0.124 e. The van der Waals surface area contributed by atoms with E-state index in [1.54, 1.807) is 0 Å². The van der Waals surface area contributed by atoms with Gasteiger partial charge in [-0.15, -0.1) is 0 Å². The van der Waals surface area contributed by atoms with E-state index in [1.165, 1.54) is 0 Å². The first-order chi connectivity index (χ1) is 8.96. The van der Waals surface area contributed by atoms with Crippen molar-refractivity contribution in [3.63, 3.8) is 0 Å². The summed E-state index contributed by atoms with van der Waals surface area (Å²) in [5.74, 6) is 0.997. The van der Waals surface area contributed by atoms with Crippen LogP contribution in [0.25, 0.3) is 11.0 Å². The summed E-state index contributed by atoms with van der Waals surface area (Å²) in [6, 6.07) is 8.35. The highest BCUT2D eigenvalue weighted by Gasteiger charge is 2.11. The zero-order valence-electron chi connectivity index (χ0n) is 12.2. The highest BCUT2D eigenvalue weighted by molar-refractivity contribution is 5.74. The van der Waals surface area contributed by atoms with E-state index in [9.17, 15) is 0 Å². The monoisotopic (exact) mass is 260 g/mol. The molecule has 4 heteroatoms. The summed E-state index contributed by atoms with van der Waals surface area (Å²) >= 11 is 0. The molecule has 0 amide bonds. The summed E-state index contributed by atoms with van der Waals surface area (Å²) in [5.41, 5.74) is 2.29. The molecule has 0 saturated carbocycles. The number of benzene rings is 1. The van der Waals surface area contributed by atoms with E-state index >= 15 is 0 Å². The third kappa shape index (κ3) is 4.04. The lowest BCUT2D eigenvalue weighted by atomic mass is 10.1. The van der Waals surface area contributed by atoms with Crippen molar-refractivity contribution in [3.8, 4) is 0 Å². The molecular weight excluding hydrogens is 236 g/mol. The summed E-state index contributed by atoms with van der Waals surface area (Å²) in [5, 5.41) is 6.94. The topological polar surface area (TPSA) is 52.7 Å². The lowest BCUT2D eigenvalue weighted by Crippen LogP contribution is -2.40. The third-order valence-corrected chi connectivity index (χ3v) is 3.05. The Balaban J connectivity index is 1.87. The van der Waals surface area contributed by atoms with Crippen molar-refractivity contribution in [2.75, 3.05) is 13.1 Å². The summed E-state index contributed by atoms with van der Waals surface area (Å²) in [7, 11) is 0. The van der Waals surface area contributed by atoms with E-state index in [0.29, 0.717) is 0 Å². The number of H-pyrrole nitrogens is 1. The molecule has 1 aromatic heterocycles. The minimum atomic E-state index is 0.171. The average molecular weight is 260 g/mol. The van der Waals surface area contributed by atoms with Crippen LogP contribution in [0.2, 0.25) is 0 Å². The first kappa shape index (κ1) is 14.0. The van der Waals surface area contributed by atoms with Crippen LogP contribution in [0.1, 0.15) is 39.6 Å². The minimum Gasteiger partial charge on any atom is -0.341 e. The van der Waals surface area contributed by atoms with Gasteiger partial charge in [-0.25, -0.2) is 4.98 Å². The van der Waals surface area contributed by atoms with Crippen LogP contribution in [0.3, 0.4) is 0 Å². The molecule has 2 aromatic rings. The van der Waals surface area contributed by atoms with Gasteiger partial charge in [0.2, 0.25) is 0 Å². The molecule has 19 heavy (non-hydrogen) atoms. The molecule has 0 spiro atoms. The maximum absolute atomic E-state index is 4.60. The molecule has 0 radical (unpaired) electrons. The summed E-state index contributed by atoms with van der Waals surface area (Å²) in [6.07, 6.45) is 0. The highest BCUT2D eigenvalue weighted by Crippen LogP contribution is 2.15. The van der Waals surface area contributed by atoms with E-state index in [2.05, 4.69) is 54.4 Å². The zero-order valence-corrected chi connectivity index (χ0v) is 12.2. The van der Waals surface area contributed by atoms with Gasteiger partial charge in [-0.2, -0.15) is 0 Å². The molecule has 0 saturated heterocycles. The molecule has 1 unspecified atom stereocenters. The van der Waals surface area contributed by atoms with Gasteiger partial charge >= 0.3 is 0 Å². The van der Waals surface area contributed by atoms with Crippen LogP contribution in [0.4, 0.5) is 0 Å². The van der Waals surface area contributed by atoms with Crippen LogP contribution in [0.5, 0.6) is 0 Å². The quantitative estimate of drug-likeness (QED) is 0.724. The van der Waals surface area contributed by atoms with E-state index < -0.39 is 0 Å². The first-order valence-electron chi connectivity index (χ1n) is 6.89. The second kappa shape index (κ2) is 5.72. The molecule has 1 atom stereocenters. The average Bonchev–Trinajstić information content (AvgIpc) is 2.77. The van der Waals surface area contributed by atoms with Gasteiger partial charge in [0.05, 0.1) is 17.1 Å². The van der Waals surface area contributed by atoms with Gasteiger partial charge < -0.3 is 15.6 Å². The predicted octanol–water partition coefficient (Wildman–Crippen LogP) is 2.60. The minimum absolute atomic E-state index is 0.171. The normalized spacial score (nSPS) is 13.9. The fourth-order valence-corrected chi connectivity index (χ4v) is 2.00. The van der Waals surface area contributed by atoms with Crippen molar-refractivity contribution in [1.29, 1.82) is 0 Å². The van der Waals surface area contributed by atoms with Gasteiger partial charge in [0, 0.05) is 18.6 Å². The van der Waals surface area contributed by atoms with Crippen LogP contribution in [-0.4, -0.2) is 28.6 Å². The Labute approximate surface area is 115 Å². The standard InChI is InChI=1S/C15H24N4/c1-11(16-9-10-17-15(2,3)4)14-18-12-7-5-6-8-13(12)19-14/h5-8,11,16-17H,9-10H2,1-4H3,(H,18,19). The lowest BCUT2D eigenvalue weighted by Gasteiger charge is -2.21. The van der Waals surface area contributed by atoms with Crippen molar-refractivity contribution >= 4 is 11.0 Å². The Morgan fingerprint density at radius 2 is 1.95 bits per heavy atom. The van der Waals surface area contributed by atoms with Gasteiger partial charge in [0.1, 0.15) is 5.82 Å². The molecule has 104 valence electrons. The molecule has 4 nitrogen and oxygen atoms in total. The number of fused-ring (bicyclic) bond motifs is 1. The number of hydrogen-bond acceptors (Lipinski definition) is 3. The van der Waals surface area contributed by atoms with Crippen LogP contribution in [-0.2, 0) is 0 Å². The molecule has 2 rings (SSSR count). The second-order valence-electron chi connectivity index (χ2n) is 5.99. The maximum atomic E-state index is 4.60. The van der Waals surface area contributed by atoms with E-state index in [0.717, 1.165) is 29.9 Å². The number of imidazole rings is 1. The number of aromatic nitrogens is 2. The number of nitrogens with zero attached hydrogens (tertiary/aromatic N) is 1. The molecule has 0 aliphatic heterocycles. The third-order valence-electron chi connectivity index (χ3n) is 3.05. The Bertz CT molecular complexity index is 491. The lowest BCUT2D eigenvalue weighted by molar-refractivity contribution is 0.412. The van der Waals surface area contributed by atoms with Crippen LogP contribution in [0, 0.1) is 0 Å². The molecule has 0 aliphatic rings. The summed E-state index contributed by atoms with van der Waals surface area (Å²) < 4.78 is 0. The summed E-state index contributed by atoms with van der Waals surface area (Å²) in [4.78, 5) is 7.96. The van der Waals surface area contributed by atoms with Crippen molar-refractivity contribution in [2.24, 2.45) is 0 Å². The van der Waals surface area contributed by atoms with Crippen molar-refractivity contribution < 1.29 is 0 Å². The fourth-order valence-electron chi connectivity index (χ4n) is 2.00. The molecule has 3 N–H and O–H groups in total. The van der Waals surface area contributed by atoms with Gasteiger partial charge in [-0.05, 0) is 39.8 Å². The van der Waals surface area contributed by atoms with Crippen molar-refractivity contribution in [1.82, 2.24) is 20.6 Å². The van der Waals surface area contributed by atoms with Gasteiger partial charge in [-0.3, -0.25) is 0 Å². The van der Waals surface area contributed by atoms with Gasteiger partial charge in [0.25, 0.3) is 0 Å². The largest absolute Gasteiger partial charge is 0.341 e. The van der Waals surface area contributed by atoms with E-state index in [1.807, 2.05) is 18.2 Å². The first-order valence-corrected chi connectivity index (χ1v) is 6.89. The molecule has 0 fully saturated rings. The van der Waals surface area contributed by atoms with Gasteiger partial charge in [-0.1, -0.05) is 12.1 Å². The fraction of sp³-hybridized carbons (Fsp3) is 0.533. The molecular formula is C15H24N4. The second-order valence-corrected chi connectivity index (χ2v) is 5.99. The van der Waals surface area contributed by atoms with Crippen molar-refractivity contribution in [2.45, 2.75) is 39.3 Å². The number of hydrogen-bond donors (Lipinski definition) is 3. The number of nitrogens with one attached hydrogen (secondary N) is 3. The van der Waals surface area contributed by atoms with Gasteiger partial charge in [0.15, 0.2) is 0 Å². The molecule has 1 heterocycles. The Kier molecular flexibility index (Phi) is 4.22. The van der Waals surface area contributed by atoms with Crippen LogP contribution < -0.4 is 10.6 Å². The van der Waals surface area contributed by atoms with Crippen molar-refractivity contribution in [3.05, 3.63) is 30.1 Å². The van der Waals surface area contributed by atoms with E-state index in [4.69, 9.17) is 0 Å². The Hall–Kier alpha value is -1.39. The summed E-state index contributed by atoms with van der Waals surface area (Å²) in [6.45, 7) is 10.5. The Morgan fingerprint density at radius 3 is 2.63 bits per heavy atom. The number of rotatable bonds is 5. The predicted molar refractivity (Wildman–Crippen MR) is 80.3 cm³/mol. The maximum Gasteiger partial charge on any atom is 0.124 e. The molecule has 0 bridgehead atoms. The van der Waals surface area contributed by atoms with Crippen LogP contribution >= 0.6 is 0 Å². The molecule has 0 aliphatic carbocycles.